The molecule has 0 saturated heterocycles. The molecule has 108 valence electrons. The summed E-state index contributed by atoms with van der Waals surface area (Å²) in [7, 11) is 0. The van der Waals surface area contributed by atoms with Crippen LogP contribution in [0.15, 0.2) is 36.3 Å². The van der Waals surface area contributed by atoms with Crippen molar-refractivity contribution >= 4 is 11.5 Å². The van der Waals surface area contributed by atoms with E-state index in [0.717, 1.165) is 17.8 Å². The van der Waals surface area contributed by atoms with Crippen molar-refractivity contribution in [2.24, 2.45) is 5.92 Å². The molecule has 0 radical (unpaired) electrons. The van der Waals surface area contributed by atoms with E-state index < -0.39 is 0 Å². The summed E-state index contributed by atoms with van der Waals surface area (Å²) in [4.78, 5) is 8.76. The number of nitriles is 1. The summed E-state index contributed by atoms with van der Waals surface area (Å²) in [6.07, 6.45) is 9.16. The van der Waals surface area contributed by atoms with Gasteiger partial charge in [-0.3, -0.25) is 0 Å². The van der Waals surface area contributed by atoms with E-state index in [2.05, 4.69) is 40.5 Å². The molecule has 0 spiro atoms. The predicted octanol–water partition coefficient (Wildman–Crippen LogP) is 2.76. The summed E-state index contributed by atoms with van der Waals surface area (Å²) in [5, 5.41) is 15.7. The number of anilines is 1. The lowest BCUT2D eigenvalue weighted by Crippen LogP contribution is -2.13. The molecule has 0 amide bonds. The molecule has 2 heterocycles. The van der Waals surface area contributed by atoms with Gasteiger partial charge in [0.25, 0.3) is 0 Å². The predicted molar refractivity (Wildman–Crippen MR) is 84.0 cm³/mol. The molecule has 0 atom stereocenters. The van der Waals surface area contributed by atoms with Gasteiger partial charge in [0, 0.05) is 18.9 Å². The zero-order chi connectivity index (χ0) is 15.2. The lowest BCUT2D eigenvalue weighted by molar-refractivity contribution is 0.684. The standard InChI is InChI=1S/C16H19N5/c1-11(2)9-19-16-20-10-12(3)15(21-16)13(8-17)14-6-4-5-7-18-14/h4-7,10-11,18H,9H2,1-3H3,(H,19,20,21)/b14-13+. The highest BCUT2D eigenvalue weighted by atomic mass is 15.1. The van der Waals surface area contributed by atoms with Crippen LogP contribution in [0.25, 0.3) is 5.57 Å². The van der Waals surface area contributed by atoms with Crippen LogP contribution in [0.1, 0.15) is 25.1 Å². The van der Waals surface area contributed by atoms with E-state index in [-0.39, 0.29) is 0 Å². The molecule has 21 heavy (non-hydrogen) atoms. The molecule has 0 aromatic carbocycles. The number of nitrogens with one attached hydrogen (secondary N) is 2. The van der Waals surface area contributed by atoms with E-state index in [1.165, 1.54) is 0 Å². The first-order chi connectivity index (χ1) is 10.1. The molecule has 1 aromatic heterocycles. The molecule has 1 aromatic rings. The molecule has 0 bridgehead atoms. The van der Waals surface area contributed by atoms with E-state index in [4.69, 9.17) is 0 Å². The van der Waals surface area contributed by atoms with E-state index in [0.29, 0.717) is 23.1 Å². The van der Waals surface area contributed by atoms with Gasteiger partial charge < -0.3 is 10.6 Å². The van der Waals surface area contributed by atoms with Gasteiger partial charge in [-0.25, -0.2) is 9.97 Å². The maximum atomic E-state index is 9.48. The fraction of sp³-hybridized carbons (Fsp3) is 0.312. The second-order valence-electron chi connectivity index (χ2n) is 5.26. The molecule has 0 fully saturated rings. The normalized spacial score (nSPS) is 15.6. The third-order valence-corrected chi connectivity index (χ3v) is 2.97. The summed E-state index contributed by atoms with van der Waals surface area (Å²) in [6, 6.07) is 2.23. The van der Waals surface area contributed by atoms with E-state index in [1.54, 1.807) is 12.4 Å². The SMILES string of the molecule is Cc1cnc(NCC(C)C)nc1/C(C#N)=C1\C=CC=CN1. The van der Waals surface area contributed by atoms with Gasteiger partial charge in [0.05, 0.1) is 11.4 Å². The van der Waals surface area contributed by atoms with Crippen molar-refractivity contribution in [3.8, 4) is 6.07 Å². The van der Waals surface area contributed by atoms with Crippen molar-refractivity contribution in [2.75, 3.05) is 11.9 Å². The number of allylic oxidation sites excluding steroid dienone is 4. The van der Waals surface area contributed by atoms with Crippen molar-refractivity contribution in [3.05, 3.63) is 47.6 Å². The third-order valence-electron chi connectivity index (χ3n) is 2.97. The Hall–Kier alpha value is -2.61. The maximum Gasteiger partial charge on any atom is 0.223 e. The quantitative estimate of drug-likeness (QED) is 0.830. The number of hydrogen-bond acceptors (Lipinski definition) is 5. The highest BCUT2D eigenvalue weighted by Crippen LogP contribution is 2.21. The summed E-state index contributed by atoms with van der Waals surface area (Å²) in [5.74, 6) is 1.05. The summed E-state index contributed by atoms with van der Waals surface area (Å²) in [5.41, 5.74) is 2.79. The molecule has 5 heteroatoms. The fourth-order valence-electron chi connectivity index (χ4n) is 1.87. The minimum atomic E-state index is 0.500. The number of rotatable bonds is 4. The average Bonchev–Trinajstić information content (AvgIpc) is 2.49. The van der Waals surface area contributed by atoms with E-state index >= 15 is 0 Å². The van der Waals surface area contributed by atoms with Crippen molar-refractivity contribution in [1.82, 2.24) is 15.3 Å². The number of aromatic nitrogens is 2. The second kappa shape index (κ2) is 6.71. The van der Waals surface area contributed by atoms with E-state index in [1.807, 2.05) is 25.2 Å². The Labute approximate surface area is 125 Å². The Morgan fingerprint density at radius 3 is 2.86 bits per heavy atom. The van der Waals surface area contributed by atoms with Gasteiger partial charge in [0.15, 0.2) is 0 Å². The molecule has 5 nitrogen and oxygen atoms in total. The molecular formula is C16H19N5. The van der Waals surface area contributed by atoms with Gasteiger partial charge in [0.1, 0.15) is 11.6 Å². The first kappa shape index (κ1) is 14.8. The smallest absolute Gasteiger partial charge is 0.223 e. The minimum absolute atomic E-state index is 0.500. The highest BCUT2D eigenvalue weighted by Gasteiger charge is 2.13. The summed E-state index contributed by atoms with van der Waals surface area (Å²) in [6.45, 7) is 6.94. The van der Waals surface area contributed by atoms with Gasteiger partial charge in [-0.1, -0.05) is 19.9 Å². The Morgan fingerprint density at radius 2 is 2.24 bits per heavy atom. The number of nitrogens with zero attached hydrogens (tertiary/aromatic N) is 3. The lowest BCUT2D eigenvalue weighted by Gasteiger charge is -2.12. The van der Waals surface area contributed by atoms with Gasteiger partial charge in [0.2, 0.25) is 5.95 Å². The fourth-order valence-corrected chi connectivity index (χ4v) is 1.87. The molecule has 2 N–H and O–H groups in total. The van der Waals surface area contributed by atoms with Crippen molar-refractivity contribution < 1.29 is 0 Å². The molecule has 0 saturated carbocycles. The summed E-state index contributed by atoms with van der Waals surface area (Å²) < 4.78 is 0. The lowest BCUT2D eigenvalue weighted by atomic mass is 10.1. The zero-order valence-corrected chi connectivity index (χ0v) is 12.5. The first-order valence-electron chi connectivity index (χ1n) is 6.94. The molecule has 1 aliphatic heterocycles. The van der Waals surface area contributed by atoms with Crippen LogP contribution in [-0.2, 0) is 0 Å². The van der Waals surface area contributed by atoms with Gasteiger partial charge in [-0.15, -0.1) is 0 Å². The number of aryl methyl sites for hydroxylation is 1. The largest absolute Gasteiger partial charge is 0.361 e. The molecule has 0 unspecified atom stereocenters. The molecule has 2 rings (SSSR count). The van der Waals surface area contributed by atoms with Crippen molar-refractivity contribution in [1.29, 1.82) is 5.26 Å². The van der Waals surface area contributed by atoms with Gasteiger partial charge in [-0.2, -0.15) is 5.26 Å². The summed E-state index contributed by atoms with van der Waals surface area (Å²) >= 11 is 0. The third kappa shape index (κ3) is 3.69. The van der Waals surface area contributed by atoms with Crippen LogP contribution >= 0.6 is 0 Å². The average molecular weight is 281 g/mol. The van der Waals surface area contributed by atoms with Crippen LogP contribution in [0.4, 0.5) is 5.95 Å². The molecular weight excluding hydrogens is 262 g/mol. The second-order valence-corrected chi connectivity index (χ2v) is 5.26. The zero-order valence-electron chi connectivity index (χ0n) is 12.5. The van der Waals surface area contributed by atoms with Crippen molar-refractivity contribution in [3.63, 3.8) is 0 Å². The van der Waals surface area contributed by atoms with Crippen LogP contribution in [0.3, 0.4) is 0 Å². The van der Waals surface area contributed by atoms with Crippen LogP contribution < -0.4 is 10.6 Å². The topological polar surface area (TPSA) is 73.6 Å². The number of dihydropyridines is 1. The Kier molecular flexibility index (Phi) is 4.72. The molecule has 0 aliphatic carbocycles. The minimum Gasteiger partial charge on any atom is -0.361 e. The Balaban J connectivity index is 2.37. The Bertz CT molecular complexity index is 647. The maximum absolute atomic E-state index is 9.48. The van der Waals surface area contributed by atoms with E-state index in [9.17, 15) is 5.26 Å². The van der Waals surface area contributed by atoms with Gasteiger partial charge >= 0.3 is 0 Å². The van der Waals surface area contributed by atoms with Crippen LogP contribution in [0.5, 0.6) is 0 Å². The van der Waals surface area contributed by atoms with Gasteiger partial charge in [-0.05, 0) is 30.6 Å². The van der Waals surface area contributed by atoms with Crippen molar-refractivity contribution in [2.45, 2.75) is 20.8 Å². The highest BCUT2D eigenvalue weighted by molar-refractivity contribution is 5.80. The van der Waals surface area contributed by atoms with Crippen LogP contribution in [0, 0.1) is 24.2 Å². The Morgan fingerprint density at radius 1 is 1.43 bits per heavy atom. The van der Waals surface area contributed by atoms with Crippen LogP contribution in [-0.4, -0.2) is 16.5 Å². The number of hydrogen-bond donors (Lipinski definition) is 2. The molecule has 1 aliphatic rings. The first-order valence-corrected chi connectivity index (χ1v) is 6.94. The van der Waals surface area contributed by atoms with Crippen LogP contribution in [0.2, 0.25) is 0 Å². The monoisotopic (exact) mass is 281 g/mol.